The van der Waals surface area contributed by atoms with Gasteiger partial charge in [0.2, 0.25) is 5.95 Å². The standard InChI is InChI=1S/C51H31N5O/c1-4-16-32(17-5-1)49-52-50(33-18-6-2-7-19-33)54-51(53-49)56-43-26-14-10-22-36(43)40-30-34(28-29-44(40)56)39-31-41-37-23-11-13-25-42(37)55(35-20-8-3-9-21-35)47(41)46-38-24-12-15-27-45(38)57-48(39)46/h1-31H. The summed E-state index contributed by atoms with van der Waals surface area (Å²) >= 11 is 0. The van der Waals surface area contributed by atoms with Crippen LogP contribution in [0.3, 0.4) is 0 Å². The summed E-state index contributed by atoms with van der Waals surface area (Å²) in [5.41, 5.74) is 11.1. The molecule has 0 aliphatic heterocycles. The van der Waals surface area contributed by atoms with Crippen molar-refractivity contribution in [2.24, 2.45) is 0 Å². The van der Waals surface area contributed by atoms with Crippen LogP contribution >= 0.6 is 0 Å². The van der Waals surface area contributed by atoms with E-state index in [0.29, 0.717) is 17.6 Å². The van der Waals surface area contributed by atoms with E-state index in [9.17, 15) is 0 Å². The molecule has 0 saturated heterocycles. The highest BCUT2D eigenvalue weighted by atomic mass is 16.3. The van der Waals surface area contributed by atoms with E-state index in [2.05, 4.69) is 130 Å². The molecule has 0 N–H and O–H groups in total. The molecule has 0 unspecified atom stereocenters. The van der Waals surface area contributed by atoms with Crippen LogP contribution in [-0.2, 0) is 0 Å². The highest BCUT2D eigenvalue weighted by molar-refractivity contribution is 6.27. The van der Waals surface area contributed by atoms with E-state index in [0.717, 1.165) is 82.7 Å². The molecule has 0 spiro atoms. The fourth-order valence-corrected chi connectivity index (χ4v) is 8.65. The van der Waals surface area contributed by atoms with Gasteiger partial charge in [-0.1, -0.05) is 140 Å². The number of rotatable bonds is 5. The molecule has 12 rings (SSSR count). The number of hydrogen-bond donors (Lipinski definition) is 0. The van der Waals surface area contributed by atoms with Gasteiger partial charge in [0.15, 0.2) is 11.6 Å². The summed E-state index contributed by atoms with van der Waals surface area (Å²) in [7, 11) is 0. The lowest BCUT2D eigenvalue weighted by Crippen LogP contribution is -2.06. The van der Waals surface area contributed by atoms with Crippen molar-refractivity contribution in [2.75, 3.05) is 0 Å². The van der Waals surface area contributed by atoms with E-state index in [1.807, 2.05) is 66.7 Å². The predicted octanol–water partition coefficient (Wildman–Crippen LogP) is 13.0. The first-order valence-electron chi connectivity index (χ1n) is 19.1. The molecule has 0 atom stereocenters. The Morgan fingerprint density at radius 2 is 0.930 bits per heavy atom. The molecule has 8 aromatic carbocycles. The van der Waals surface area contributed by atoms with Crippen molar-refractivity contribution in [3.8, 4) is 45.5 Å². The van der Waals surface area contributed by atoms with Crippen molar-refractivity contribution >= 4 is 65.6 Å². The van der Waals surface area contributed by atoms with Crippen molar-refractivity contribution in [2.45, 2.75) is 0 Å². The molecule has 0 fully saturated rings. The van der Waals surface area contributed by atoms with Crippen molar-refractivity contribution in [3.05, 3.63) is 188 Å². The number of fused-ring (bicyclic) bond motifs is 10. The van der Waals surface area contributed by atoms with Gasteiger partial charge in [-0.3, -0.25) is 4.57 Å². The minimum atomic E-state index is 0.566. The van der Waals surface area contributed by atoms with Gasteiger partial charge < -0.3 is 8.98 Å². The summed E-state index contributed by atoms with van der Waals surface area (Å²) < 4.78 is 11.4. The molecular formula is C51H31N5O. The summed E-state index contributed by atoms with van der Waals surface area (Å²) in [6, 6.07) is 65.5. The molecule has 0 aliphatic carbocycles. The van der Waals surface area contributed by atoms with Crippen molar-refractivity contribution in [1.29, 1.82) is 0 Å². The molecule has 4 aromatic heterocycles. The maximum absolute atomic E-state index is 6.87. The Morgan fingerprint density at radius 1 is 0.386 bits per heavy atom. The zero-order valence-corrected chi connectivity index (χ0v) is 30.5. The van der Waals surface area contributed by atoms with Gasteiger partial charge in [0.05, 0.1) is 27.5 Å². The second kappa shape index (κ2) is 12.3. The minimum absolute atomic E-state index is 0.566. The van der Waals surface area contributed by atoms with Gasteiger partial charge in [-0.2, -0.15) is 9.97 Å². The van der Waals surface area contributed by atoms with E-state index in [-0.39, 0.29) is 0 Å². The Bertz CT molecular complexity index is 3450. The van der Waals surface area contributed by atoms with E-state index in [4.69, 9.17) is 19.4 Å². The molecule has 0 aliphatic rings. The van der Waals surface area contributed by atoms with Gasteiger partial charge in [-0.25, -0.2) is 4.98 Å². The number of furan rings is 1. The van der Waals surface area contributed by atoms with Crippen LogP contribution in [0.4, 0.5) is 0 Å². The second-order valence-corrected chi connectivity index (χ2v) is 14.4. The van der Waals surface area contributed by atoms with Gasteiger partial charge >= 0.3 is 0 Å². The van der Waals surface area contributed by atoms with Crippen LogP contribution in [0.5, 0.6) is 0 Å². The average Bonchev–Trinajstić information content (AvgIpc) is 3.94. The van der Waals surface area contributed by atoms with Crippen LogP contribution in [0.2, 0.25) is 0 Å². The van der Waals surface area contributed by atoms with Crippen LogP contribution in [0.25, 0.3) is 111 Å². The smallest absolute Gasteiger partial charge is 0.238 e. The lowest BCUT2D eigenvalue weighted by molar-refractivity contribution is 0.670. The average molecular weight is 730 g/mol. The molecule has 12 aromatic rings. The van der Waals surface area contributed by atoms with Crippen LogP contribution in [-0.4, -0.2) is 24.1 Å². The van der Waals surface area contributed by atoms with Gasteiger partial charge in [-0.05, 0) is 54.1 Å². The Hall–Kier alpha value is -7.83. The number of aromatic nitrogens is 5. The van der Waals surface area contributed by atoms with Crippen molar-refractivity contribution < 1.29 is 4.42 Å². The first-order valence-corrected chi connectivity index (χ1v) is 19.1. The summed E-state index contributed by atoms with van der Waals surface area (Å²) in [4.78, 5) is 15.2. The molecule has 6 heteroatoms. The lowest BCUT2D eigenvalue weighted by Gasteiger charge is -2.11. The zero-order chi connectivity index (χ0) is 37.5. The van der Waals surface area contributed by atoms with E-state index < -0.39 is 0 Å². The molecule has 0 bridgehead atoms. The molecular weight excluding hydrogens is 699 g/mol. The second-order valence-electron chi connectivity index (χ2n) is 14.4. The van der Waals surface area contributed by atoms with Crippen LogP contribution in [0, 0.1) is 0 Å². The normalized spacial score (nSPS) is 11.9. The minimum Gasteiger partial charge on any atom is -0.455 e. The Kier molecular flexibility index (Phi) is 6.83. The van der Waals surface area contributed by atoms with Crippen LogP contribution in [0.1, 0.15) is 0 Å². The number of nitrogens with zero attached hydrogens (tertiary/aromatic N) is 5. The Balaban J connectivity index is 1.14. The third-order valence-electron chi connectivity index (χ3n) is 11.2. The van der Waals surface area contributed by atoms with E-state index in [1.165, 1.54) is 10.8 Å². The highest BCUT2D eigenvalue weighted by Gasteiger charge is 2.24. The number of hydrogen-bond acceptors (Lipinski definition) is 4. The molecule has 4 heterocycles. The summed E-state index contributed by atoms with van der Waals surface area (Å²) in [6.07, 6.45) is 0. The SMILES string of the molecule is c1ccc(-c2nc(-c3ccccc3)nc(-n3c4ccccc4c4cc(-c5cc6c7ccccc7n(-c7ccccc7)c6c6c5oc5ccccc56)ccc43)n2)cc1. The zero-order valence-electron chi connectivity index (χ0n) is 30.5. The van der Waals surface area contributed by atoms with Gasteiger partial charge in [0.25, 0.3) is 0 Å². The predicted molar refractivity (Wildman–Crippen MR) is 232 cm³/mol. The monoisotopic (exact) mass is 729 g/mol. The van der Waals surface area contributed by atoms with Gasteiger partial charge in [0, 0.05) is 49.3 Å². The van der Waals surface area contributed by atoms with Gasteiger partial charge in [-0.15, -0.1) is 0 Å². The molecule has 266 valence electrons. The first kappa shape index (κ1) is 31.5. The fraction of sp³-hybridized carbons (Fsp3) is 0. The Labute approximate surface area is 326 Å². The summed E-state index contributed by atoms with van der Waals surface area (Å²) in [5, 5.41) is 6.78. The first-order chi connectivity index (χ1) is 28.3. The summed E-state index contributed by atoms with van der Waals surface area (Å²) in [6.45, 7) is 0. The van der Waals surface area contributed by atoms with E-state index >= 15 is 0 Å². The van der Waals surface area contributed by atoms with Gasteiger partial charge in [0.1, 0.15) is 11.2 Å². The van der Waals surface area contributed by atoms with E-state index in [1.54, 1.807) is 0 Å². The topological polar surface area (TPSA) is 61.7 Å². The van der Waals surface area contributed by atoms with Crippen LogP contribution in [0.15, 0.2) is 192 Å². The molecule has 0 amide bonds. The maximum atomic E-state index is 6.87. The molecule has 6 nitrogen and oxygen atoms in total. The molecule has 0 saturated carbocycles. The van der Waals surface area contributed by atoms with Crippen molar-refractivity contribution in [1.82, 2.24) is 24.1 Å². The third-order valence-corrected chi connectivity index (χ3v) is 11.2. The number of benzene rings is 8. The quantitative estimate of drug-likeness (QED) is 0.177. The largest absolute Gasteiger partial charge is 0.455 e. The molecule has 57 heavy (non-hydrogen) atoms. The summed E-state index contributed by atoms with van der Waals surface area (Å²) in [5.74, 6) is 1.81. The Morgan fingerprint density at radius 3 is 1.61 bits per heavy atom. The van der Waals surface area contributed by atoms with Crippen LogP contribution < -0.4 is 0 Å². The molecule has 0 radical (unpaired) electrons. The number of para-hydroxylation sites is 4. The third kappa shape index (κ3) is 4.81. The van der Waals surface area contributed by atoms with Crippen molar-refractivity contribution in [3.63, 3.8) is 0 Å². The fourth-order valence-electron chi connectivity index (χ4n) is 8.65. The lowest BCUT2D eigenvalue weighted by atomic mass is 9.97. The maximum Gasteiger partial charge on any atom is 0.238 e. The highest BCUT2D eigenvalue weighted by Crippen LogP contribution is 2.46.